The van der Waals surface area contributed by atoms with Gasteiger partial charge in [0.1, 0.15) is 17.0 Å². The van der Waals surface area contributed by atoms with Crippen molar-refractivity contribution in [2.45, 2.75) is 45.1 Å². The van der Waals surface area contributed by atoms with Crippen molar-refractivity contribution in [1.82, 2.24) is 25.5 Å². The molecule has 4 amide bonds. The molecular weight excluding hydrogens is 405 g/mol. The lowest BCUT2D eigenvalue weighted by Gasteiger charge is -2.33. The number of hydrogen-bond acceptors (Lipinski definition) is 5. The van der Waals surface area contributed by atoms with Gasteiger partial charge in [-0.05, 0) is 50.7 Å². The molecule has 2 aromatic rings. The Kier molecular flexibility index (Phi) is 5.08. The smallest absolute Gasteiger partial charge is 0.322 e. The first kappa shape index (κ1) is 20.7. The van der Waals surface area contributed by atoms with Crippen molar-refractivity contribution in [2.75, 3.05) is 0 Å². The summed E-state index contributed by atoms with van der Waals surface area (Å²) in [5.74, 6) is -1.72. The lowest BCUT2D eigenvalue weighted by atomic mass is 9.77. The maximum absolute atomic E-state index is 14.2. The van der Waals surface area contributed by atoms with Crippen LogP contribution in [-0.2, 0) is 4.79 Å². The van der Waals surface area contributed by atoms with E-state index in [2.05, 4.69) is 22.8 Å². The molecule has 1 aromatic carbocycles. The molecule has 9 nitrogen and oxygen atoms in total. The molecular formula is C21H22FN5O4. The molecule has 1 aliphatic carbocycles. The average molecular weight is 427 g/mol. The molecule has 2 heterocycles. The quantitative estimate of drug-likeness (QED) is 0.726. The van der Waals surface area contributed by atoms with Gasteiger partial charge in [0.15, 0.2) is 5.69 Å². The number of hydrazine groups is 1. The van der Waals surface area contributed by atoms with E-state index in [1.165, 1.54) is 18.2 Å². The third-order valence-corrected chi connectivity index (χ3v) is 5.91. The van der Waals surface area contributed by atoms with Crippen LogP contribution in [0.2, 0.25) is 0 Å². The van der Waals surface area contributed by atoms with Gasteiger partial charge in [-0.1, -0.05) is 19.1 Å². The zero-order valence-corrected chi connectivity index (χ0v) is 17.1. The fourth-order valence-electron chi connectivity index (χ4n) is 4.04. The van der Waals surface area contributed by atoms with Gasteiger partial charge in [-0.25, -0.2) is 13.9 Å². The highest BCUT2D eigenvalue weighted by molar-refractivity contribution is 6.09. The first-order chi connectivity index (χ1) is 14.7. The number of imide groups is 1. The minimum absolute atomic E-state index is 0.0549. The van der Waals surface area contributed by atoms with Gasteiger partial charge in [-0.3, -0.25) is 19.8 Å². The molecule has 4 rings (SSSR count). The molecule has 162 valence electrons. The maximum Gasteiger partial charge on any atom is 0.344 e. The number of carbonyl (C=O) groups is 3. The number of para-hydroxylation sites is 1. The van der Waals surface area contributed by atoms with Crippen molar-refractivity contribution in [3.8, 4) is 5.69 Å². The van der Waals surface area contributed by atoms with E-state index in [0.717, 1.165) is 23.6 Å². The van der Waals surface area contributed by atoms with E-state index < -0.39 is 40.3 Å². The van der Waals surface area contributed by atoms with Gasteiger partial charge in [0.25, 0.3) is 11.8 Å². The van der Waals surface area contributed by atoms with Crippen molar-refractivity contribution in [3.63, 3.8) is 0 Å². The topological polar surface area (TPSA) is 113 Å². The number of rotatable bonds is 3. The third-order valence-electron chi connectivity index (χ3n) is 5.91. The number of hydrogen-bond donors (Lipinski definition) is 2. The van der Waals surface area contributed by atoms with Gasteiger partial charge in [-0.2, -0.15) is 10.1 Å². The Hall–Kier alpha value is -3.56. The lowest BCUT2D eigenvalue weighted by molar-refractivity contribution is -0.134. The van der Waals surface area contributed by atoms with E-state index in [-0.39, 0.29) is 5.69 Å². The number of aromatic nitrogens is 2. The van der Waals surface area contributed by atoms with E-state index in [1.54, 1.807) is 13.0 Å². The highest BCUT2D eigenvalue weighted by atomic mass is 19.1. The van der Waals surface area contributed by atoms with E-state index in [0.29, 0.717) is 29.5 Å². The number of benzene rings is 1. The Morgan fingerprint density at radius 2 is 1.90 bits per heavy atom. The lowest BCUT2D eigenvalue weighted by Crippen LogP contribution is -2.52. The molecule has 1 spiro atoms. The summed E-state index contributed by atoms with van der Waals surface area (Å²) < 4.78 is 15.3. The second kappa shape index (κ2) is 7.60. The molecule has 0 radical (unpaired) electrons. The summed E-state index contributed by atoms with van der Waals surface area (Å²) in [5.41, 5.74) is 0.255. The fraction of sp³-hybridized carbons (Fsp3) is 0.381. The van der Waals surface area contributed by atoms with Gasteiger partial charge >= 0.3 is 6.03 Å². The summed E-state index contributed by atoms with van der Waals surface area (Å²) in [6, 6.07) is 6.16. The van der Waals surface area contributed by atoms with Gasteiger partial charge in [0, 0.05) is 11.8 Å². The van der Waals surface area contributed by atoms with Crippen LogP contribution >= 0.6 is 0 Å². The highest BCUT2D eigenvalue weighted by Crippen LogP contribution is 2.35. The molecule has 0 bridgehead atoms. The zero-order chi connectivity index (χ0) is 22.3. The minimum Gasteiger partial charge on any atom is -0.322 e. The Morgan fingerprint density at radius 3 is 2.58 bits per heavy atom. The van der Waals surface area contributed by atoms with Gasteiger partial charge in [0.2, 0.25) is 5.43 Å². The SMILES string of the molecule is Cc1cc(=O)c(C(=O)NN2C(=O)NC3(CCC(C)CC3)C2=O)nn1-c1ccccc1F. The number of carbonyl (C=O) groups excluding carboxylic acids is 3. The maximum atomic E-state index is 14.2. The average Bonchev–Trinajstić information content (AvgIpc) is 2.95. The number of amides is 4. The third kappa shape index (κ3) is 3.58. The molecule has 10 heteroatoms. The Morgan fingerprint density at radius 1 is 1.23 bits per heavy atom. The molecule has 2 N–H and O–H groups in total. The first-order valence-corrected chi connectivity index (χ1v) is 10.1. The largest absolute Gasteiger partial charge is 0.344 e. The van der Waals surface area contributed by atoms with E-state index in [1.807, 2.05) is 0 Å². The van der Waals surface area contributed by atoms with E-state index in [4.69, 9.17) is 0 Å². The van der Waals surface area contributed by atoms with Crippen LogP contribution in [-0.4, -0.2) is 38.2 Å². The standard InChI is InChI=1S/C21H22FN5O4/c1-12-7-9-21(10-8-12)19(30)27(20(31)23-21)25-18(29)17-16(28)11-13(2)26(24-17)15-6-4-3-5-14(15)22/h3-6,11-12H,7-10H2,1-2H3,(H,23,31)(H,25,29). The van der Waals surface area contributed by atoms with E-state index >= 15 is 0 Å². The van der Waals surface area contributed by atoms with Crippen molar-refractivity contribution in [1.29, 1.82) is 0 Å². The van der Waals surface area contributed by atoms with Crippen LogP contribution in [0.3, 0.4) is 0 Å². The monoisotopic (exact) mass is 427 g/mol. The van der Waals surface area contributed by atoms with Crippen LogP contribution in [0.25, 0.3) is 5.69 Å². The zero-order valence-electron chi connectivity index (χ0n) is 17.1. The predicted octanol–water partition coefficient (Wildman–Crippen LogP) is 1.83. The molecule has 2 aliphatic rings. The fourth-order valence-corrected chi connectivity index (χ4v) is 4.04. The van der Waals surface area contributed by atoms with Crippen molar-refractivity contribution >= 4 is 17.8 Å². The number of nitrogens with one attached hydrogen (secondary N) is 2. The van der Waals surface area contributed by atoms with E-state index in [9.17, 15) is 23.6 Å². The van der Waals surface area contributed by atoms with Crippen molar-refractivity contribution in [2.24, 2.45) is 5.92 Å². The molecule has 0 unspecified atom stereocenters. The van der Waals surface area contributed by atoms with Crippen molar-refractivity contribution in [3.05, 3.63) is 57.8 Å². The molecule has 1 aliphatic heterocycles. The Labute approximate surface area is 177 Å². The summed E-state index contributed by atoms with van der Waals surface area (Å²) in [6.07, 6.45) is 2.52. The van der Waals surface area contributed by atoms with Gasteiger partial charge < -0.3 is 5.32 Å². The van der Waals surface area contributed by atoms with Crippen LogP contribution in [0, 0.1) is 18.7 Å². The summed E-state index contributed by atoms with van der Waals surface area (Å²) >= 11 is 0. The highest BCUT2D eigenvalue weighted by Gasteiger charge is 2.53. The van der Waals surface area contributed by atoms with Crippen LogP contribution < -0.4 is 16.2 Å². The second-order valence-corrected chi connectivity index (χ2v) is 8.14. The van der Waals surface area contributed by atoms with Crippen molar-refractivity contribution < 1.29 is 18.8 Å². The molecule has 2 fully saturated rings. The number of aryl methyl sites for hydroxylation is 1. The molecule has 0 atom stereocenters. The minimum atomic E-state index is -1.04. The molecule has 31 heavy (non-hydrogen) atoms. The number of urea groups is 1. The molecule has 1 saturated heterocycles. The number of nitrogens with zero attached hydrogens (tertiary/aromatic N) is 3. The van der Waals surface area contributed by atoms with Crippen LogP contribution in [0.1, 0.15) is 48.8 Å². The number of halogens is 1. The Bertz CT molecular complexity index is 1140. The van der Waals surface area contributed by atoms with Gasteiger partial charge in [-0.15, -0.1) is 0 Å². The Balaban J connectivity index is 1.61. The summed E-state index contributed by atoms with van der Waals surface area (Å²) in [7, 11) is 0. The van der Waals surface area contributed by atoms with Crippen LogP contribution in [0.15, 0.2) is 35.1 Å². The summed E-state index contributed by atoms with van der Waals surface area (Å²) in [6.45, 7) is 3.63. The molecule has 1 saturated carbocycles. The normalized spacial score (nSPS) is 23.2. The predicted molar refractivity (Wildman–Crippen MR) is 108 cm³/mol. The van der Waals surface area contributed by atoms with Crippen LogP contribution in [0.5, 0.6) is 0 Å². The molecule has 1 aromatic heterocycles. The second-order valence-electron chi connectivity index (χ2n) is 8.14. The van der Waals surface area contributed by atoms with Crippen LogP contribution in [0.4, 0.5) is 9.18 Å². The van der Waals surface area contributed by atoms with Gasteiger partial charge in [0.05, 0.1) is 0 Å². The summed E-state index contributed by atoms with van der Waals surface area (Å²) in [5, 5.41) is 7.28. The summed E-state index contributed by atoms with van der Waals surface area (Å²) in [4.78, 5) is 50.5. The first-order valence-electron chi connectivity index (χ1n) is 10.1.